The lowest BCUT2D eigenvalue weighted by Crippen LogP contribution is -2.09. The fourth-order valence-corrected chi connectivity index (χ4v) is 2.01. The second-order valence-electron chi connectivity index (χ2n) is 4.71. The van der Waals surface area contributed by atoms with Gasteiger partial charge in [-0.25, -0.2) is 0 Å². The molecule has 0 amide bonds. The molecule has 0 unspecified atom stereocenters. The normalized spacial score (nSPS) is 11.0. The molecule has 0 aromatic heterocycles. The average molecular weight is 290 g/mol. The molecule has 5 heteroatoms. The maximum Gasteiger partial charge on any atom is 0.417 e. The molecule has 0 aliphatic rings. The Labute approximate surface area is 120 Å². The highest BCUT2D eigenvalue weighted by molar-refractivity contribution is 5.53. The van der Waals surface area contributed by atoms with Crippen LogP contribution in [0.3, 0.4) is 0 Å². The monoisotopic (exact) mass is 290 g/mol. The van der Waals surface area contributed by atoms with E-state index in [1.807, 2.05) is 31.2 Å². The molecule has 0 aliphatic heterocycles. The van der Waals surface area contributed by atoms with Crippen molar-refractivity contribution >= 4 is 5.69 Å². The molecular formula is C16H13F3N2. The van der Waals surface area contributed by atoms with E-state index in [2.05, 4.69) is 5.32 Å². The molecule has 0 saturated heterocycles. The van der Waals surface area contributed by atoms with Crippen LogP contribution in [-0.2, 0) is 12.7 Å². The van der Waals surface area contributed by atoms with Gasteiger partial charge in [0.25, 0.3) is 0 Å². The predicted octanol–water partition coefficient (Wildman–Crippen LogP) is 4.50. The van der Waals surface area contributed by atoms with Crippen LogP contribution in [0.4, 0.5) is 18.9 Å². The van der Waals surface area contributed by atoms with Gasteiger partial charge in [0, 0.05) is 12.2 Å². The van der Waals surface area contributed by atoms with E-state index in [9.17, 15) is 13.2 Å². The smallest absolute Gasteiger partial charge is 0.381 e. The quantitative estimate of drug-likeness (QED) is 0.903. The molecule has 0 radical (unpaired) electrons. The Morgan fingerprint density at radius 2 is 1.90 bits per heavy atom. The zero-order valence-electron chi connectivity index (χ0n) is 11.3. The first-order valence-corrected chi connectivity index (χ1v) is 6.31. The third-order valence-electron chi connectivity index (χ3n) is 3.02. The number of halogens is 3. The Hall–Kier alpha value is -2.48. The second kappa shape index (κ2) is 5.88. The van der Waals surface area contributed by atoms with Crippen molar-refractivity contribution < 1.29 is 13.2 Å². The number of nitrogens with zero attached hydrogens (tertiary/aromatic N) is 1. The Kier molecular flexibility index (Phi) is 4.18. The van der Waals surface area contributed by atoms with Gasteiger partial charge in [-0.15, -0.1) is 0 Å². The third-order valence-corrected chi connectivity index (χ3v) is 3.02. The summed E-state index contributed by atoms with van der Waals surface area (Å²) in [5.41, 5.74) is 1.11. The SMILES string of the molecule is Cc1cccc(CNc2ccc(C#N)c(C(F)(F)F)c2)c1. The van der Waals surface area contributed by atoms with E-state index in [0.29, 0.717) is 12.2 Å². The highest BCUT2D eigenvalue weighted by atomic mass is 19.4. The van der Waals surface area contributed by atoms with Crippen LogP contribution in [0, 0.1) is 18.3 Å². The number of nitrogens with one attached hydrogen (secondary N) is 1. The van der Waals surface area contributed by atoms with E-state index in [-0.39, 0.29) is 5.56 Å². The van der Waals surface area contributed by atoms with Gasteiger partial charge in [0.05, 0.1) is 17.2 Å². The van der Waals surface area contributed by atoms with Crippen molar-refractivity contribution in [2.75, 3.05) is 5.32 Å². The molecule has 2 aromatic rings. The number of anilines is 1. The number of rotatable bonds is 3. The Morgan fingerprint density at radius 1 is 1.14 bits per heavy atom. The Morgan fingerprint density at radius 3 is 2.52 bits per heavy atom. The molecule has 0 aliphatic carbocycles. The van der Waals surface area contributed by atoms with Crippen molar-refractivity contribution in [1.29, 1.82) is 5.26 Å². The van der Waals surface area contributed by atoms with Crippen molar-refractivity contribution in [3.8, 4) is 6.07 Å². The minimum absolute atomic E-state index is 0.336. The van der Waals surface area contributed by atoms with Crippen molar-refractivity contribution in [1.82, 2.24) is 0 Å². The van der Waals surface area contributed by atoms with Crippen molar-refractivity contribution in [3.63, 3.8) is 0 Å². The third kappa shape index (κ3) is 3.76. The summed E-state index contributed by atoms with van der Waals surface area (Å²) in [7, 11) is 0. The van der Waals surface area contributed by atoms with Gasteiger partial charge in [-0.2, -0.15) is 18.4 Å². The fraction of sp³-hybridized carbons (Fsp3) is 0.188. The molecule has 0 fully saturated rings. The van der Waals surface area contributed by atoms with E-state index in [1.165, 1.54) is 12.1 Å². The predicted molar refractivity (Wildman–Crippen MR) is 74.7 cm³/mol. The molecule has 0 saturated carbocycles. The number of aryl methyl sites for hydroxylation is 1. The molecule has 2 nitrogen and oxygen atoms in total. The van der Waals surface area contributed by atoms with Crippen LogP contribution >= 0.6 is 0 Å². The average Bonchev–Trinajstić information content (AvgIpc) is 2.44. The lowest BCUT2D eigenvalue weighted by Gasteiger charge is -2.12. The molecule has 0 bridgehead atoms. The first kappa shape index (κ1) is 14.9. The van der Waals surface area contributed by atoms with Crippen LogP contribution in [0.1, 0.15) is 22.3 Å². The Bertz CT molecular complexity index is 685. The molecule has 108 valence electrons. The van der Waals surface area contributed by atoms with Gasteiger partial charge in [-0.05, 0) is 30.7 Å². The number of alkyl halides is 3. The van der Waals surface area contributed by atoms with Gasteiger partial charge in [0.2, 0.25) is 0 Å². The molecule has 0 heterocycles. The standard InChI is InChI=1S/C16H13F3N2/c1-11-3-2-4-12(7-11)10-21-14-6-5-13(9-20)15(8-14)16(17,18)19/h2-8,21H,10H2,1H3. The van der Waals surface area contributed by atoms with E-state index < -0.39 is 11.7 Å². The molecule has 2 aromatic carbocycles. The highest BCUT2D eigenvalue weighted by Gasteiger charge is 2.33. The van der Waals surface area contributed by atoms with Crippen molar-refractivity contribution in [2.24, 2.45) is 0 Å². The maximum atomic E-state index is 12.9. The summed E-state index contributed by atoms with van der Waals surface area (Å²) in [6.07, 6.45) is -4.54. The van der Waals surface area contributed by atoms with Crippen LogP contribution in [0.5, 0.6) is 0 Å². The van der Waals surface area contributed by atoms with Gasteiger partial charge >= 0.3 is 6.18 Å². The zero-order chi connectivity index (χ0) is 15.5. The topological polar surface area (TPSA) is 35.8 Å². The van der Waals surface area contributed by atoms with Crippen LogP contribution in [0.15, 0.2) is 42.5 Å². The zero-order valence-corrected chi connectivity index (χ0v) is 11.3. The lowest BCUT2D eigenvalue weighted by molar-refractivity contribution is -0.137. The minimum Gasteiger partial charge on any atom is -0.381 e. The largest absolute Gasteiger partial charge is 0.417 e. The van der Waals surface area contributed by atoms with E-state index in [1.54, 1.807) is 6.07 Å². The number of nitriles is 1. The second-order valence-corrected chi connectivity index (χ2v) is 4.71. The van der Waals surface area contributed by atoms with Crippen LogP contribution in [0.2, 0.25) is 0 Å². The van der Waals surface area contributed by atoms with Gasteiger partial charge in [-0.3, -0.25) is 0 Å². The van der Waals surface area contributed by atoms with Crippen molar-refractivity contribution in [3.05, 3.63) is 64.7 Å². The summed E-state index contributed by atoms with van der Waals surface area (Å²) in [6.45, 7) is 2.37. The first-order chi connectivity index (χ1) is 9.90. The molecular weight excluding hydrogens is 277 g/mol. The molecule has 0 spiro atoms. The summed E-state index contributed by atoms with van der Waals surface area (Å²) in [6, 6.07) is 12.9. The number of benzene rings is 2. The summed E-state index contributed by atoms with van der Waals surface area (Å²) in [4.78, 5) is 0. The van der Waals surface area contributed by atoms with Gasteiger partial charge < -0.3 is 5.32 Å². The summed E-state index contributed by atoms with van der Waals surface area (Å²) in [5, 5.41) is 11.7. The Balaban J connectivity index is 2.20. The minimum atomic E-state index is -4.54. The van der Waals surface area contributed by atoms with Gasteiger partial charge in [0.15, 0.2) is 0 Å². The fourth-order valence-electron chi connectivity index (χ4n) is 2.01. The molecule has 0 atom stereocenters. The van der Waals surface area contributed by atoms with Crippen LogP contribution in [0.25, 0.3) is 0 Å². The highest BCUT2D eigenvalue weighted by Crippen LogP contribution is 2.33. The van der Waals surface area contributed by atoms with Crippen LogP contribution in [-0.4, -0.2) is 0 Å². The van der Waals surface area contributed by atoms with E-state index in [0.717, 1.165) is 17.2 Å². The van der Waals surface area contributed by atoms with Crippen LogP contribution < -0.4 is 5.32 Å². The van der Waals surface area contributed by atoms with Gasteiger partial charge in [-0.1, -0.05) is 29.8 Å². The van der Waals surface area contributed by atoms with E-state index in [4.69, 9.17) is 5.26 Å². The molecule has 21 heavy (non-hydrogen) atoms. The first-order valence-electron chi connectivity index (χ1n) is 6.31. The molecule has 2 rings (SSSR count). The molecule has 1 N–H and O–H groups in total. The lowest BCUT2D eigenvalue weighted by atomic mass is 10.1. The number of hydrogen-bond donors (Lipinski definition) is 1. The van der Waals surface area contributed by atoms with Crippen molar-refractivity contribution in [2.45, 2.75) is 19.6 Å². The maximum absolute atomic E-state index is 12.9. The summed E-state index contributed by atoms with van der Waals surface area (Å²) < 4.78 is 38.6. The van der Waals surface area contributed by atoms with E-state index >= 15 is 0 Å². The van der Waals surface area contributed by atoms with Gasteiger partial charge in [0.1, 0.15) is 0 Å². The number of hydrogen-bond acceptors (Lipinski definition) is 2. The summed E-state index contributed by atoms with van der Waals surface area (Å²) in [5.74, 6) is 0. The summed E-state index contributed by atoms with van der Waals surface area (Å²) >= 11 is 0.